The van der Waals surface area contributed by atoms with E-state index in [-0.39, 0.29) is 11.4 Å². The van der Waals surface area contributed by atoms with E-state index in [2.05, 4.69) is 20.4 Å². The number of aromatic hydroxyl groups is 1. The van der Waals surface area contributed by atoms with Gasteiger partial charge >= 0.3 is 0 Å². The number of hydrogen-bond donors (Lipinski definition) is 3. The number of benzene rings is 2. The third-order valence-electron chi connectivity index (χ3n) is 3.09. The summed E-state index contributed by atoms with van der Waals surface area (Å²) in [6.07, 6.45) is 0. The van der Waals surface area contributed by atoms with Gasteiger partial charge in [0.05, 0.1) is 21.4 Å². The molecule has 0 unspecified atom stereocenters. The Morgan fingerprint density at radius 3 is 2.48 bits per heavy atom. The number of aromatic amines is 2. The Morgan fingerprint density at radius 2 is 1.74 bits per heavy atom. The molecule has 0 saturated carbocycles. The summed E-state index contributed by atoms with van der Waals surface area (Å²) < 4.78 is 0. The molecule has 3 N–H and O–H groups in total. The Kier molecular flexibility index (Phi) is 4.18. The lowest BCUT2D eigenvalue weighted by molar-refractivity contribution is 0.477. The lowest BCUT2D eigenvalue weighted by Gasteiger charge is -2.01. The topological polar surface area (TPSA) is 93.6 Å². The summed E-state index contributed by atoms with van der Waals surface area (Å²) in [5, 5.41) is 23.7. The van der Waals surface area contributed by atoms with Crippen molar-refractivity contribution in [3.63, 3.8) is 0 Å². The minimum atomic E-state index is -0.452. The highest BCUT2D eigenvalue weighted by molar-refractivity contribution is 6.42. The summed E-state index contributed by atoms with van der Waals surface area (Å²) in [6.45, 7) is 0. The van der Waals surface area contributed by atoms with Crippen LogP contribution >= 0.6 is 23.2 Å². The van der Waals surface area contributed by atoms with Crippen LogP contribution in [0, 0.1) is 0 Å². The van der Waals surface area contributed by atoms with E-state index < -0.39 is 5.56 Å². The van der Waals surface area contributed by atoms with Gasteiger partial charge in [-0.1, -0.05) is 35.3 Å². The number of rotatable bonds is 3. The van der Waals surface area contributed by atoms with E-state index in [1.54, 1.807) is 30.3 Å². The lowest BCUT2D eigenvalue weighted by atomic mass is 10.1. The molecule has 23 heavy (non-hydrogen) atoms. The van der Waals surface area contributed by atoms with Crippen molar-refractivity contribution in [2.45, 2.75) is 0 Å². The van der Waals surface area contributed by atoms with Crippen molar-refractivity contribution < 1.29 is 5.11 Å². The summed E-state index contributed by atoms with van der Waals surface area (Å²) in [6, 6.07) is 11.3. The molecule has 2 aromatic carbocycles. The molecular formula is C15H10Cl2N4O2. The SMILES string of the molecule is O=c1[nH][nH]c(-c2ccccc2O)c1N=Nc1ccc(Cl)c(Cl)c1. The Bertz CT molecular complexity index is 947. The zero-order chi connectivity index (χ0) is 16.4. The van der Waals surface area contributed by atoms with Gasteiger partial charge in [0.1, 0.15) is 5.75 Å². The summed E-state index contributed by atoms with van der Waals surface area (Å²) in [5.41, 5.74) is 0.832. The van der Waals surface area contributed by atoms with E-state index in [1.165, 1.54) is 12.1 Å². The largest absolute Gasteiger partial charge is 0.507 e. The van der Waals surface area contributed by atoms with Crippen molar-refractivity contribution >= 4 is 34.6 Å². The smallest absolute Gasteiger partial charge is 0.292 e. The molecule has 3 rings (SSSR count). The van der Waals surface area contributed by atoms with Gasteiger partial charge in [0.15, 0.2) is 5.69 Å². The number of para-hydroxylation sites is 1. The molecule has 1 heterocycles. The van der Waals surface area contributed by atoms with E-state index >= 15 is 0 Å². The first-order valence-corrected chi connectivity index (χ1v) is 7.27. The molecule has 0 aliphatic carbocycles. The van der Waals surface area contributed by atoms with Gasteiger partial charge in [-0.2, -0.15) is 5.11 Å². The fraction of sp³-hybridized carbons (Fsp3) is 0. The van der Waals surface area contributed by atoms with Gasteiger partial charge in [-0.15, -0.1) is 5.11 Å². The molecule has 1 aromatic heterocycles. The molecule has 8 heteroatoms. The second-order valence-corrected chi connectivity index (χ2v) is 5.43. The van der Waals surface area contributed by atoms with Crippen LogP contribution in [-0.4, -0.2) is 15.3 Å². The number of phenolic OH excluding ortho intramolecular Hbond substituents is 1. The maximum absolute atomic E-state index is 11.9. The number of H-pyrrole nitrogens is 2. The fourth-order valence-electron chi connectivity index (χ4n) is 1.98. The molecule has 0 saturated heterocycles. The van der Waals surface area contributed by atoms with Crippen LogP contribution in [0.1, 0.15) is 0 Å². The zero-order valence-corrected chi connectivity index (χ0v) is 13.1. The third-order valence-corrected chi connectivity index (χ3v) is 3.83. The van der Waals surface area contributed by atoms with Gasteiger partial charge in [-0.3, -0.25) is 15.0 Å². The molecule has 0 bridgehead atoms. The number of phenols is 1. The molecular weight excluding hydrogens is 339 g/mol. The lowest BCUT2D eigenvalue weighted by Crippen LogP contribution is -1.96. The molecule has 3 aromatic rings. The molecule has 0 atom stereocenters. The fourth-order valence-corrected chi connectivity index (χ4v) is 2.27. The summed E-state index contributed by atoms with van der Waals surface area (Å²) >= 11 is 11.7. The first-order valence-electron chi connectivity index (χ1n) is 6.52. The maximum atomic E-state index is 11.9. The van der Waals surface area contributed by atoms with Crippen LogP contribution in [0.3, 0.4) is 0 Å². The Hall–Kier alpha value is -2.57. The van der Waals surface area contributed by atoms with Gasteiger partial charge in [0, 0.05) is 5.56 Å². The number of nitrogens with one attached hydrogen (secondary N) is 2. The monoisotopic (exact) mass is 348 g/mol. The van der Waals surface area contributed by atoms with Crippen LogP contribution in [-0.2, 0) is 0 Å². The normalized spacial score (nSPS) is 11.2. The highest BCUT2D eigenvalue weighted by atomic mass is 35.5. The van der Waals surface area contributed by atoms with Crippen LogP contribution in [0.15, 0.2) is 57.5 Å². The van der Waals surface area contributed by atoms with Crippen molar-refractivity contribution in [1.82, 2.24) is 10.2 Å². The number of halogens is 2. The molecule has 0 amide bonds. The predicted molar refractivity (Wildman–Crippen MR) is 89.2 cm³/mol. The molecule has 0 fully saturated rings. The zero-order valence-electron chi connectivity index (χ0n) is 11.5. The van der Waals surface area contributed by atoms with Crippen molar-refractivity contribution in [1.29, 1.82) is 0 Å². The maximum Gasteiger partial charge on any atom is 0.292 e. The molecule has 0 spiro atoms. The van der Waals surface area contributed by atoms with Gasteiger partial charge in [0.2, 0.25) is 0 Å². The Balaban J connectivity index is 2.02. The van der Waals surface area contributed by atoms with Crippen molar-refractivity contribution in [3.05, 3.63) is 62.9 Å². The first-order chi connectivity index (χ1) is 11.1. The van der Waals surface area contributed by atoms with Crippen LogP contribution in [0.5, 0.6) is 5.75 Å². The summed E-state index contributed by atoms with van der Waals surface area (Å²) in [5.74, 6) is 0.0220. The molecule has 0 radical (unpaired) electrons. The van der Waals surface area contributed by atoms with Crippen molar-refractivity contribution in [2.24, 2.45) is 10.2 Å². The minimum absolute atomic E-state index is 0.0220. The number of aromatic nitrogens is 2. The van der Waals surface area contributed by atoms with E-state index in [9.17, 15) is 9.90 Å². The van der Waals surface area contributed by atoms with Gasteiger partial charge in [0.25, 0.3) is 5.56 Å². The van der Waals surface area contributed by atoms with E-state index in [4.69, 9.17) is 23.2 Å². The molecule has 116 valence electrons. The quantitative estimate of drug-likeness (QED) is 0.593. The third kappa shape index (κ3) is 3.13. The summed E-state index contributed by atoms with van der Waals surface area (Å²) in [4.78, 5) is 11.9. The van der Waals surface area contributed by atoms with Crippen LogP contribution in [0.4, 0.5) is 11.4 Å². The highest BCUT2D eigenvalue weighted by Gasteiger charge is 2.14. The Morgan fingerprint density at radius 1 is 0.957 bits per heavy atom. The molecule has 6 nitrogen and oxygen atoms in total. The first kappa shape index (κ1) is 15.3. The second-order valence-electron chi connectivity index (χ2n) is 4.62. The van der Waals surface area contributed by atoms with Gasteiger partial charge in [-0.05, 0) is 30.3 Å². The Labute approximate surface area is 140 Å². The standard InChI is InChI=1S/C15H10Cl2N4O2/c16-10-6-5-8(7-11(10)17)18-20-14-13(19-21-15(14)23)9-3-1-2-4-12(9)22/h1-7,22H,(H2,19,21,23). The summed E-state index contributed by atoms with van der Waals surface area (Å²) in [7, 11) is 0. The van der Waals surface area contributed by atoms with Crippen molar-refractivity contribution in [3.8, 4) is 17.0 Å². The van der Waals surface area contributed by atoms with E-state index in [0.717, 1.165) is 0 Å². The average molecular weight is 349 g/mol. The average Bonchev–Trinajstić information content (AvgIpc) is 2.90. The van der Waals surface area contributed by atoms with Crippen LogP contribution < -0.4 is 5.56 Å². The predicted octanol–water partition coefficient (Wildman–Crippen LogP) is 4.80. The van der Waals surface area contributed by atoms with E-state index in [1.807, 2.05) is 0 Å². The molecule has 0 aliphatic rings. The van der Waals surface area contributed by atoms with Gasteiger partial charge < -0.3 is 5.11 Å². The van der Waals surface area contributed by atoms with Gasteiger partial charge in [-0.25, -0.2) is 0 Å². The molecule has 0 aliphatic heterocycles. The number of nitrogens with zero attached hydrogens (tertiary/aromatic N) is 2. The number of azo groups is 1. The van der Waals surface area contributed by atoms with E-state index in [0.29, 0.717) is 27.0 Å². The highest BCUT2D eigenvalue weighted by Crippen LogP contribution is 2.33. The van der Waals surface area contributed by atoms with Crippen molar-refractivity contribution in [2.75, 3.05) is 0 Å². The van der Waals surface area contributed by atoms with Crippen LogP contribution in [0.25, 0.3) is 11.3 Å². The van der Waals surface area contributed by atoms with Crippen LogP contribution in [0.2, 0.25) is 10.0 Å². The number of hydrogen-bond acceptors (Lipinski definition) is 4. The minimum Gasteiger partial charge on any atom is -0.507 e. The second kappa shape index (κ2) is 6.28.